The number of amides is 1. The first-order valence-electron chi connectivity index (χ1n) is 8.30. The minimum absolute atomic E-state index is 0.0311. The Balaban J connectivity index is 1.80. The minimum Gasteiger partial charge on any atom is -0.340 e. The van der Waals surface area contributed by atoms with Crippen LogP contribution in [0.3, 0.4) is 0 Å². The molecule has 8 heteroatoms. The second-order valence-corrected chi connectivity index (χ2v) is 6.27. The van der Waals surface area contributed by atoms with Crippen LogP contribution in [0.2, 0.25) is 0 Å². The molecule has 0 saturated carbocycles. The summed E-state index contributed by atoms with van der Waals surface area (Å²) in [4.78, 5) is 36.9. The maximum absolute atomic E-state index is 12.6. The number of likely N-dealkylation sites (N-methyl/N-ethyl adjacent to an activating group) is 1. The third kappa shape index (κ3) is 3.84. The zero-order valence-corrected chi connectivity index (χ0v) is 15.0. The van der Waals surface area contributed by atoms with E-state index in [-0.39, 0.29) is 30.2 Å². The van der Waals surface area contributed by atoms with Crippen molar-refractivity contribution >= 4 is 22.4 Å². The van der Waals surface area contributed by atoms with Gasteiger partial charge in [-0.25, -0.2) is 4.68 Å². The van der Waals surface area contributed by atoms with Crippen molar-refractivity contribution in [3.05, 3.63) is 80.3 Å². The molecule has 0 aliphatic heterocycles. The Morgan fingerprint density at radius 2 is 1.89 bits per heavy atom. The van der Waals surface area contributed by atoms with Gasteiger partial charge in [-0.3, -0.25) is 19.7 Å². The molecule has 0 aliphatic rings. The van der Waals surface area contributed by atoms with Gasteiger partial charge < -0.3 is 4.90 Å². The summed E-state index contributed by atoms with van der Waals surface area (Å²) in [6.45, 7) is 1.79. The van der Waals surface area contributed by atoms with Crippen LogP contribution < -0.4 is 5.56 Å². The molecule has 0 bridgehead atoms. The van der Waals surface area contributed by atoms with Gasteiger partial charge in [0.1, 0.15) is 6.54 Å². The summed E-state index contributed by atoms with van der Waals surface area (Å²) in [7, 11) is 1.58. The van der Waals surface area contributed by atoms with Crippen LogP contribution in [-0.2, 0) is 17.9 Å². The van der Waals surface area contributed by atoms with Gasteiger partial charge in [0.15, 0.2) is 0 Å². The molecule has 8 nitrogen and oxygen atoms in total. The van der Waals surface area contributed by atoms with Gasteiger partial charge in [-0.2, -0.15) is 5.10 Å². The molecule has 3 rings (SSSR count). The number of nitro groups is 1. The third-order valence-electron chi connectivity index (χ3n) is 4.30. The van der Waals surface area contributed by atoms with Crippen molar-refractivity contribution in [2.75, 3.05) is 7.05 Å². The van der Waals surface area contributed by atoms with Crippen LogP contribution in [0.5, 0.6) is 0 Å². The molecule has 1 aromatic heterocycles. The monoisotopic (exact) mass is 366 g/mol. The van der Waals surface area contributed by atoms with Crippen LogP contribution in [0.4, 0.5) is 5.69 Å². The first kappa shape index (κ1) is 18.2. The number of hydrogen-bond donors (Lipinski definition) is 0. The second kappa shape index (κ2) is 7.36. The Labute approximate surface area is 154 Å². The summed E-state index contributed by atoms with van der Waals surface area (Å²) in [5, 5.41) is 16.4. The van der Waals surface area contributed by atoms with Crippen LogP contribution in [0.1, 0.15) is 11.3 Å². The Bertz CT molecular complexity index is 1090. The van der Waals surface area contributed by atoms with Crippen molar-refractivity contribution in [3.63, 3.8) is 0 Å². The van der Waals surface area contributed by atoms with E-state index in [9.17, 15) is 19.7 Å². The smallest absolute Gasteiger partial charge is 0.275 e. The van der Waals surface area contributed by atoms with E-state index in [0.29, 0.717) is 16.6 Å². The Hall–Kier alpha value is -3.55. The van der Waals surface area contributed by atoms with Gasteiger partial charge in [-0.05, 0) is 18.6 Å². The number of benzene rings is 2. The van der Waals surface area contributed by atoms with Gasteiger partial charge in [0.05, 0.1) is 16.0 Å². The summed E-state index contributed by atoms with van der Waals surface area (Å²) in [6, 6.07) is 13.2. The molecule has 1 heterocycles. The summed E-state index contributed by atoms with van der Waals surface area (Å²) in [6.07, 6.45) is 0. The number of aromatic nitrogens is 2. The summed E-state index contributed by atoms with van der Waals surface area (Å²) >= 11 is 0. The standard InChI is InChI=1S/C19H18N4O4/c1-13-16-8-3-4-9-17(16)19(25)22(20-13)12-18(24)21(2)11-14-6-5-7-15(10-14)23(26)27/h3-10H,11-12H2,1-2H3. The quantitative estimate of drug-likeness (QED) is 0.509. The molecule has 0 unspecified atom stereocenters. The number of aryl methyl sites for hydroxylation is 1. The Morgan fingerprint density at radius 1 is 1.19 bits per heavy atom. The van der Waals surface area contributed by atoms with E-state index in [2.05, 4.69) is 5.10 Å². The van der Waals surface area contributed by atoms with E-state index in [4.69, 9.17) is 0 Å². The number of carbonyl (C=O) groups excluding carboxylic acids is 1. The predicted octanol–water partition coefficient (Wildman–Crippen LogP) is 2.27. The lowest BCUT2D eigenvalue weighted by molar-refractivity contribution is -0.384. The molecular formula is C19H18N4O4. The molecular weight excluding hydrogens is 348 g/mol. The first-order valence-corrected chi connectivity index (χ1v) is 8.30. The summed E-state index contributed by atoms with van der Waals surface area (Å²) < 4.78 is 1.16. The lowest BCUT2D eigenvalue weighted by Gasteiger charge is -2.18. The van der Waals surface area contributed by atoms with Gasteiger partial charge in [0.2, 0.25) is 5.91 Å². The molecule has 0 spiro atoms. The topological polar surface area (TPSA) is 98.3 Å². The maximum atomic E-state index is 12.6. The number of rotatable bonds is 5. The highest BCUT2D eigenvalue weighted by atomic mass is 16.6. The number of carbonyl (C=O) groups is 1. The van der Waals surface area contributed by atoms with Gasteiger partial charge in [0.25, 0.3) is 11.2 Å². The summed E-state index contributed by atoms with van der Waals surface area (Å²) in [5.41, 5.74) is 0.944. The van der Waals surface area contributed by atoms with E-state index < -0.39 is 4.92 Å². The number of hydrogen-bond acceptors (Lipinski definition) is 5. The van der Waals surface area contributed by atoms with Crippen LogP contribution in [0, 0.1) is 17.0 Å². The number of nitrogens with zero attached hydrogens (tertiary/aromatic N) is 4. The van der Waals surface area contributed by atoms with E-state index in [1.54, 1.807) is 38.2 Å². The molecule has 0 fully saturated rings. The van der Waals surface area contributed by atoms with Crippen LogP contribution in [0.25, 0.3) is 10.8 Å². The highest BCUT2D eigenvalue weighted by Crippen LogP contribution is 2.15. The lowest BCUT2D eigenvalue weighted by atomic mass is 10.1. The first-order chi connectivity index (χ1) is 12.9. The van der Waals surface area contributed by atoms with E-state index in [0.717, 1.165) is 10.1 Å². The molecule has 0 N–H and O–H groups in total. The van der Waals surface area contributed by atoms with Crippen molar-refractivity contribution in [1.29, 1.82) is 0 Å². The minimum atomic E-state index is -0.480. The molecule has 0 atom stereocenters. The van der Waals surface area contributed by atoms with E-state index in [1.807, 2.05) is 12.1 Å². The van der Waals surface area contributed by atoms with Crippen molar-refractivity contribution < 1.29 is 9.72 Å². The molecule has 0 radical (unpaired) electrons. The highest BCUT2D eigenvalue weighted by molar-refractivity contribution is 5.83. The molecule has 0 aliphatic carbocycles. The number of nitro benzene ring substituents is 1. The fourth-order valence-electron chi connectivity index (χ4n) is 2.89. The number of non-ortho nitro benzene ring substituents is 1. The fraction of sp³-hybridized carbons (Fsp3) is 0.211. The second-order valence-electron chi connectivity index (χ2n) is 6.27. The average Bonchev–Trinajstić information content (AvgIpc) is 2.66. The molecule has 27 heavy (non-hydrogen) atoms. The highest BCUT2D eigenvalue weighted by Gasteiger charge is 2.15. The zero-order valence-electron chi connectivity index (χ0n) is 15.0. The van der Waals surface area contributed by atoms with Gasteiger partial charge in [0, 0.05) is 31.1 Å². The third-order valence-corrected chi connectivity index (χ3v) is 4.30. The van der Waals surface area contributed by atoms with Crippen LogP contribution in [0.15, 0.2) is 53.3 Å². The SMILES string of the molecule is Cc1nn(CC(=O)N(C)Cc2cccc([N+](=O)[O-])c2)c(=O)c2ccccc12. The van der Waals surface area contributed by atoms with Crippen molar-refractivity contribution in [2.24, 2.45) is 0 Å². The summed E-state index contributed by atoms with van der Waals surface area (Å²) in [5.74, 6) is -0.314. The number of fused-ring (bicyclic) bond motifs is 1. The largest absolute Gasteiger partial charge is 0.340 e. The fourth-order valence-corrected chi connectivity index (χ4v) is 2.89. The van der Waals surface area contributed by atoms with Crippen LogP contribution in [-0.4, -0.2) is 32.6 Å². The lowest BCUT2D eigenvalue weighted by Crippen LogP contribution is -2.35. The Kier molecular flexibility index (Phi) is 4.98. The molecule has 138 valence electrons. The zero-order chi connectivity index (χ0) is 19.6. The van der Waals surface area contributed by atoms with Crippen LogP contribution >= 0.6 is 0 Å². The molecule has 0 saturated heterocycles. The molecule has 3 aromatic rings. The Morgan fingerprint density at radius 3 is 2.59 bits per heavy atom. The molecule has 1 amide bonds. The van der Waals surface area contributed by atoms with Crippen molar-refractivity contribution in [2.45, 2.75) is 20.0 Å². The van der Waals surface area contributed by atoms with E-state index in [1.165, 1.54) is 17.0 Å². The average molecular weight is 366 g/mol. The van der Waals surface area contributed by atoms with Crippen molar-refractivity contribution in [3.8, 4) is 0 Å². The van der Waals surface area contributed by atoms with Gasteiger partial charge in [-0.1, -0.05) is 30.3 Å². The van der Waals surface area contributed by atoms with Gasteiger partial charge in [-0.15, -0.1) is 0 Å². The predicted molar refractivity (Wildman–Crippen MR) is 100 cm³/mol. The maximum Gasteiger partial charge on any atom is 0.275 e. The van der Waals surface area contributed by atoms with Gasteiger partial charge >= 0.3 is 0 Å². The van der Waals surface area contributed by atoms with Crippen molar-refractivity contribution in [1.82, 2.24) is 14.7 Å². The normalized spacial score (nSPS) is 10.7. The van der Waals surface area contributed by atoms with E-state index >= 15 is 0 Å². The molecule has 2 aromatic carbocycles.